The van der Waals surface area contributed by atoms with Crippen LogP contribution < -0.4 is 21.7 Å². The molecule has 0 radical (unpaired) electrons. The zero-order valence-corrected chi connectivity index (χ0v) is 23.7. The molecule has 41 heavy (non-hydrogen) atoms. The maximum atomic E-state index is 13.3. The topological polar surface area (TPSA) is 171 Å². The molecule has 0 aliphatic carbocycles. The van der Waals surface area contributed by atoms with Gasteiger partial charge in [-0.1, -0.05) is 60.7 Å². The fraction of sp³-hybridized carbons (Fsp3) is 0.433. The summed E-state index contributed by atoms with van der Waals surface area (Å²) < 4.78 is 0. The highest BCUT2D eigenvalue weighted by atomic mass is 16.4. The summed E-state index contributed by atoms with van der Waals surface area (Å²) in [5.74, 6) is -3.91. The third-order valence-electron chi connectivity index (χ3n) is 6.49. The van der Waals surface area contributed by atoms with E-state index in [0.29, 0.717) is 25.9 Å². The van der Waals surface area contributed by atoms with Crippen LogP contribution in [0.3, 0.4) is 0 Å². The summed E-state index contributed by atoms with van der Waals surface area (Å²) in [6, 6.07) is 15.3. The fourth-order valence-corrected chi connectivity index (χ4v) is 4.21. The van der Waals surface area contributed by atoms with Gasteiger partial charge in [-0.15, -0.1) is 0 Å². The van der Waals surface area contributed by atoms with Crippen molar-refractivity contribution < 1.29 is 29.1 Å². The number of carboxylic acid groups (broad SMARTS) is 1. The molecule has 1 unspecified atom stereocenters. The minimum atomic E-state index is -1.17. The summed E-state index contributed by atoms with van der Waals surface area (Å²) >= 11 is 0. The van der Waals surface area contributed by atoms with Crippen molar-refractivity contribution in [1.82, 2.24) is 20.9 Å². The van der Waals surface area contributed by atoms with E-state index in [1.165, 1.54) is 4.90 Å². The van der Waals surface area contributed by atoms with Crippen LogP contribution in [0.4, 0.5) is 0 Å². The highest BCUT2D eigenvalue weighted by Crippen LogP contribution is 2.09. The number of benzene rings is 2. The lowest BCUT2D eigenvalue weighted by Gasteiger charge is -2.25. The SMILES string of the molecule is CN(C)C(=O)[C@H](Cc1ccccc1)NC(=O)C(=O)[C@H](CCCCN)NC(=O)C(CCC(=O)O)NCc1ccccc1. The molecule has 6 N–H and O–H groups in total. The van der Waals surface area contributed by atoms with E-state index < -0.39 is 41.7 Å². The number of unbranched alkanes of at least 4 members (excludes halogenated alkanes) is 1. The number of carbonyl (C=O) groups excluding carboxylic acids is 4. The first-order valence-corrected chi connectivity index (χ1v) is 13.7. The highest BCUT2D eigenvalue weighted by Gasteiger charge is 2.32. The molecule has 0 spiro atoms. The number of rotatable bonds is 18. The van der Waals surface area contributed by atoms with Gasteiger partial charge in [-0.05, 0) is 43.4 Å². The lowest BCUT2D eigenvalue weighted by atomic mass is 10.0. The number of aliphatic carboxylic acids is 1. The normalized spacial score (nSPS) is 13.0. The third-order valence-corrected chi connectivity index (χ3v) is 6.49. The van der Waals surface area contributed by atoms with Crippen LogP contribution in [0.1, 0.15) is 43.2 Å². The first-order chi connectivity index (χ1) is 19.6. The highest BCUT2D eigenvalue weighted by molar-refractivity contribution is 6.38. The first kappa shape index (κ1) is 33.1. The Labute approximate surface area is 240 Å². The number of carboxylic acids is 1. The van der Waals surface area contributed by atoms with E-state index in [1.807, 2.05) is 60.7 Å². The molecule has 2 aromatic carbocycles. The van der Waals surface area contributed by atoms with Gasteiger partial charge in [0.2, 0.25) is 17.6 Å². The predicted octanol–water partition coefficient (Wildman–Crippen LogP) is 1.01. The number of likely N-dealkylation sites (N-methyl/N-ethyl adjacent to an activating group) is 1. The Morgan fingerprint density at radius 1 is 0.805 bits per heavy atom. The maximum Gasteiger partial charge on any atom is 0.303 e. The molecule has 0 heterocycles. The number of nitrogens with zero attached hydrogens (tertiary/aromatic N) is 1. The van der Waals surface area contributed by atoms with Gasteiger partial charge in [-0.3, -0.25) is 24.0 Å². The Morgan fingerprint density at radius 2 is 1.41 bits per heavy atom. The van der Waals surface area contributed by atoms with Crippen molar-refractivity contribution in [2.24, 2.45) is 5.73 Å². The van der Waals surface area contributed by atoms with Crippen molar-refractivity contribution >= 4 is 29.5 Å². The molecule has 0 aromatic heterocycles. The fourth-order valence-electron chi connectivity index (χ4n) is 4.21. The number of carbonyl (C=O) groups is 5. The van der Waals surface area contributed by atoms with Gasteiger partial charge in [-0.2, -0.15) is 0 Å². The van der Waals surface area contributed by atoms with Crippen LogP contribution in [0, 0.1) is 0 Å². The van der Waals surface area contributed by atoms with E-state index in [1.54, 1.807) is 14.1 Å². The van der Waals surface area contributed by atoms with Crippen molar-refractivity contribution in [1.29, 1.82) is 0 Å². The lowest BCUT2D eigenvalue weighted by molar-refractivity contribution is -0.142. The summed E-state index contributed by atoms with van der Waals surface area (Å²) in [5, 5.41) is 17.4. The number of Topliss-reactive ketones (excluding diaryl/α,β-unsaturated/α-hetero) is 1. The average molecular weight is 568 g/mol. The largest absolute Gasteiger partial charge is 0.481 e. The monoisotopic (exact) mass is 567 g/mol. The maximum absolute atomic E-state index is 13.3. The molecule has 0 fully saturated rings. The van der Waals surface area contributed by atoms with Crippen LogP contribution in [0.2, 0.25) is 0 Å². The number of nitrogens with one attached hydrogen (secondary N) is 3. The minimum Gasteiger partial charge on any atom is -0.481 e. The van der Waals surface area contributed by atoms with Gasteiger partial charge in [0.15, 0.2) is 0 Å². The van der Waals surface area contributed by atoms with Crippen LogP contribution in [0.15, 0.2) is 60.7 Å². The van der Waals surface area contributed by atoms with Gasteiger partial charge in [0, 0.05) is 33.5 Å². The van der Waals surface area contributed by atoms with Crippen LogP contribution in [-0.4, -0.2) is 78.2 Å². The van der Waals surface area contributed by atoms with Gasteiger partial charge < -0.3 is 31.7 Å². The summed E-state index contributed by atoms with van der Waals surface area (Å²) in [5.41, 5.74) is 7.30. The Hall–Kier alpha value is -4.09. The van der Waals surface area contributed by atoms with E-state index in [9.17, 15) is 29.1 Å². The Bertz CT molecular complexity index is 1140. The number of hydrogen-bond acceptors (Lipinski definition) is 7. The standard InChI is InChI=1S/C30H41N5O6/c1-35(2)30(41)25(19-21-11-5-3-6-12-21)34-29(40)27(38)23(15-9-10-18-31)33-28(39)24(16-17-26(36)37)32-20-22-13-7-4-8-14-22/h3-8,11-14,23-25,32H,9-10,15-20,31H2,1-2H3,(H,33,39)(H,34,40)(H,36,37)/t23-,24?,25-/m0/s1. The second-order valence-electron chi connectivity index (χ2n) is 10.0. The van der Waals surface area contributed by atoms with Gasteiger partial charge in [0.05, 0.1) is 12.1 Å². The van der Waals surface area contributed by atoms with Gasteiger partial charge in [0.1, 0.15) is 6.04 Å². The Morgan fingerprint density at radius 3 is 1.98 bits per heavy atom. The second kappa shape index (κ2) is 17.6. The smallest absolute Gasteiger partial charge is 0.303 e. The van der Waals surface area contributed by atoms with Gasteiger partial charge >= 0.3 is 5.97 Å². The minimum absolute atomic E-state index is 0.0135. The zero-order valence-electron chi connectivity index (χ0n) is 23.7. The van der Waals surface area contributed by atoms with Gasteiger partial charge in [0.25, 0.3) is 5.91 Å². The number of amides is 3. The van der Waals surface area contributed by atoms with E-state index in [0.717, 1.165) is 11.1 Å². The van der Waals surface area contributed by atoms with Crippen LogP contribution in [0.25, 0.3) is 0 Å². The van der Waals surface area contributed by atoms with Crippen LogP contribution in [-0.2, 0) is 36.9 Å². The first-order valence-electron chi connectivity index (χ1n) is 13.7. The van der Waals surface area contributed by atoms with Crippen molar-refractivity contribution in [3.63, 3.8) is 0 Å². The number of hydrogen-bond donors (Lipinski definition) is 5. The summed E-state index contributed by atoms with van der Waals surface area (Å²) in [6.45, 7) is 0.677. The van der Waals surface area contributed by atoms with Crippen molar-refractivity contribution in [2.45, 2.75) is 63.2 Å². The van der Waals surface area contributed by atoms with E-state index in [2.05, 4.69) is 16.0 Å². The number of nitrogens with two attached hydrogens (primary N) is 1. The molecule has 0 saturated heterocycles. The average Bonchev–Trinajstić information content (AvgIpc) is 2.96. The molecule has 222 valence electrons. The molecule has 3 atom stereocenters. The predicted molar refractivity (Wildman–Crippen MR) is 155 cm³/mol. The second-order valence-corrected chi connectivity index (χ2v) is 10.0. The summed E-state index contributed by atoms with van der Waals surface area (Å²) in [4.78, 5) is 65.1. The molecule has 3 amide bonds. The number of ketones is 1. The zero-order chi connectivity index (χ0) is 30.2. The molecule has 11 heteroatoms. The van der Waals surface area contributed by atoms with E-state index >= 15 is 0 Å². The molecule has 0 aliphatic rings. The van der Waals surface area contributed by atoms with Crippen LogP contribution in [0.5, 0.6) is 0 Å². The molecule has 0 aliphatic heterocycles. The van der Waals surface area contributed by atoms with E-state index in [4.69, 9.17) is 5.73 Å². The molecular formula is C30H41N5O6. The molecule has 11 nitrogen and oxygen atoms in total. The molecular weight excluding hydrogens is 526 g/mol. The van der Waals surface area contributed by atoms with E-state index in [-0.39, 0.29) is 31.6 Å². The third kappa shape index (κ3) is 11.9. The quantitative estimate of drug-likeness (QED) is 0.131. The Kier molecular flexibility index (Phi) is 14.2. The molecule has 0 saturated carbocycles. The van der Waals surface area contributed by atoms with Crippen LogP contribution >= 0.6 is 0 Å². The Balaban J connectivity index is 2.18. The summed E-state index contributed by atoms with van der Waals surface area (Å²) in [7, 11) is 3.12. The van der Waals surface area contributed by atoms with Crippen molar-refractivity contribution in [3.8, 4) is 0 Å². The van der Waals surface area contributed by atoms with Crippen molar-refractivity contribution in [2.75, 3.05) is 20.6 Å². The molecule has 2 rings (SSSR count). The molecule has 0 bridgehead atoms. The summed E-state index contributed by atoms with van der Waals surface area (Å²) in [6.07, 6.45) is 1.11. The van der Waals surface area contributed by atoms with Crippen molar-refractivity contribution in [3.05, 3.63) is 71.8 Å². The lowest BCUT2D eigenvalue weighted by Crippen LogP contribution is -2.55. The van der Waals surface area contributed by atoms with Gasteiger partial charge in [-0.25, -0.2) is 0 Å². The molecule has 2 aromatic rings.